The van der Waals surface area contributed by atoms with Crippen LogP contribution >= 0.6 is 0 Å². The third kappa shape index (κ3) is 4.55. The summed E-state index contributed by atoms with van der Waals surface area (Å²) in [5, 5.41) is 29.2. The van der Waals surface area contributed by atoms with Gasteiger partial charge >= 0.3 is 0 Å². The molecule has 0 spiro atoms. The minimum Gasteiger partial charge on any atom is -0.321 e. The molecule has 0 fully saturated rings. The second-order valence-electron chi connectivity index (χ2n) is 9.02. The summed E-state index contributed by atoms with van der Waals surface area (Å²) in [6.07, 6.45) is 4.78. The van der Waals surface area contributed by atoms with E-state index >= 15 is 0 Å². The lowest BCUT2D eigenvalue weighted by Crippen LogP contribution is -2.18. The van der Waals surface area contributed by atoms with Crippen LogP contribution in [0.2, 0.25) is 0 Å². The monoisotopic (exact) mass is 476 g/mol. The molecule has 1 amide bonds. The van der Waals surface area contributed by atoms with Crippen molar-refractivity contribution in [3.05, 3.63) is 76.8 Å². The number of nitrogens with one attached hydrogen (secondary N) is 2. The molecule has 0 saturated carbocycles. The Balaban J connectivity index is 1.66. The molecule has 2 N–H and O–H groups in total. The maximum atomic E-state index is 12.9. The molecule has 4 aromatic rings. The molecule has 4 rings (SSSR count). The summed E-state index contributed by atoms with van der Waals surface area (Å²) < 4.78 is 0. The lowest BCUT2D eigenvalue weighted by Gasteiger charge is -2.15. The summed E-state index contributed by atoms with van der Waals surface area (Å²) in [7, 11) is 0. The number of H-pyrrole nitrogens is 1. The number of hydrogen-bond acceptors (Lipinski definition) is 7. The lowest BCUT2D eigenvalue weighted by molar-refractivity contribution is 0.102. The van der Waals surface area contributed by atoms with Crippen molar-refractivity contribution >= 4 is 11.6 Å². The summed E-state index contributed by atoms with van der Waals surface area (Å²) in [6, 6.07) is 11.2. The van der Waals surface area contributed by atoms with Crippen molar-refractivity contribution in [2.45, 2.75) is 40.0 Å². The molecule has 0 unspecified atom stereocenters. The van der Waals surface area contributed by atoms with Crippen molar-refractivity contribution in [1.29, 1.82) is 10.5 Å². The highest BCUT2D eigenvalue weighted by molar-refractivity contribution is 6.04. The van der Waals surface area contributed by atoms with Crippen LogP contribution in [0.15, 0.2) is 42.9 Å². The van der Waals surface area contributed by atoms with Crippen molar-refractivity contribution in [1.82, 2.24) is 25.1 Å². The molecule has 0 saturated heterocycles. The zero-order valence-electron chi connectivity index (χ0n) is 20.6. The molecule has 0 aromatic carbocycles. The van der Waals surface area contributed by atoms with Gasteiger partial charge in [0.2, 0.25) is 0 Å². The number of anilines is 1. The number of nitriles is 2. The molecule has 0 aliphatic carbocycles. The Hall–Kier alpha value is -4.89. The number of pyridine rings is 3. The molecule has 9 heteroatoms. The van der Waals surface area contributed by atoms with Gasteiger partial charge in [-0.1, -0.05) is 0 Å². The third-order valence-electron chi connectivity index (χ3n) is 5.97. The number of nitrogens with zero attached hydrogens (tertiary/aromatic N) is 6. The first-order valence-electron chi connectivity index (χ1n) is 11.2. The van der Waals surface area contributed by atoms with Gasteiger partial charge in [0, 0.05) is 46.0 Å². The molecular weight excluding hydrogens is 452 g/mol. The van der Waals surface area contributed by atoms with Crippen LogP contribution in [0.4, 0.5) is 5.69 Å². The molecule has 0 radical (unpaired) electrons. The second-order valence-corrected chi connectivity index (χ2v) is 9.02. The van der Waals surface area contributed by atoms with Crippen molar-refractivity contribution in [3.63, 3.8) is 0 Å². The Morgan fingerprint density at radius 3 is 2.47 bits per heavy atom. The van der Waals surface area contributed by atoms with E-state index in [1.165, 1.54) is 6.20 Å². The molecule has 4 heterocycles. The fourth-order valence-corrected chi connectivity index (χ4v) is 3.86. The van der Waals surface area contributed by atoms with Gasteiger partial charge in [0.05, 0.1) is 46.0 Å². The molecule has 0 atom stereocenters. The normalized spacial score (nSPS) is 11.0. The molecule has 0 bridgehead atoms. The van der Waals surface area contributed by atoms with Crippen LogP contribution in [0.5, 0.6) is 0 Å². The predicted octanol–water partition coefficient (Wildman–Crippen LogP) is 4.78. The van der Waals surface area contributed by atoms with Crippen molar-refractivity contribution in [2.75, 3.05) is 5.32 Å². The highest BCUT2D eigenvalue weighted by Gasteiger charge is 2.23. The number of aromatic nitrogens is 5. The van der Waals surface area contributed by atoms with Crippen LogP contribution in [-0.4, -0.2) is 31.1 Å². The van der Waals surface area contributed by atoms with Gasteiger partial charge in [0.1, 0.15) is 6.07 Å². The van der Waals surface area contributed by atoms with E-state index in [1.807, 2.05) is 20.8 Å². The number of amides is 1. The van der Waals surface area contributed by atoms with E-state index in [0.29, 0.717) is 33.8 Å². The Kier molecular flexibility index (Phi) is 6.33. The van der Waals surface area contributed by atoms with Crippen LogP contribution in [0.3, 0.4) is 0 Å². The van der Waals surface area contributed by atoms with Gasteiger partial charge in [-0.05, 0) is 58.9 Å². The molecule has 9 nitrogen and oxygen atoms in total. The number of carbonyl (C=O) groups is 1. The van der Waals surface area contributed by atoms with Crippen LogP contribution in [-0.2, 0) is 5.41 Å². The van der Waals surface area contributed by atoms with Crippen molar-refractivity contribution < 1.29 is 4.79 Å². The zero-order valence-corrected chi connectivity index (χ0v) is 20.6. The van der Waals surface area contributed by atoms with E-state index in [2.05, 4.69) is 42.6 Å². The molecule has 36 heavy (non-hydrogen) atoms. The number of carbonyl (C=O) groups excluding carboxylic acids is 1. The number of aryl methyl sites for hydroxylation is 3. The van der Waals surface area contributed by atoms with Crippen LogP contribution in [0.25, 0.3) is 22.4 Å². The van der Waals surface area contributed by atoms with Gasteiger partial charge in [0.15, 0.2) is 0 Å². The Morgan fingerprint density at radius 1 is 1.03 bits per heavy atom. The first-order valence-corrected chi connectivity index (χ1v) is 11.2. The second kappa shape index (κ2) is 9.40. The third-order valence-corrected chi connectivity index (χ3v) is 5.97. The van der Waals surface area contributed by atoms with Crippen LogP contribution < -0.4 is 5.32 Å². The van der Waals surface area contributed by atoms with Crippen LogP contribution in [0, 0.1) is 43.4 Å². The van der Waals surface area contributed by atoms with Gasteiger partial charge in [0.25, 0.3) is 5.91 Å². The first-order chi connectivity index (χ1) is 17.1. The quantitative estimate of drug-likeness (QED) is 0.422. The highest BCUT2D eigenvalue weighted by Crippen LogP contribution is 2.31. The largest absolute Gasteiger partial charge is 0.321 e. The van der Waals surface area contributed by atoms with Gasteiger partial charge in [-0.3, -0.25) is 24.8 Å². The summed E-state index contributed by atoms with van der Waals surface area (Å²) in [5.41, 5.74) is 6.13. The van der Waals surface area contributed by atoms with E-state index in [9.17, 15) is 15.3 Å². The summed E-state index contributed by atoms with van der Waals surface area (Å²) in [4.78, 5) is 26.2. The zero-order chi connectivity index (χ0) is 26.0. The van der Waals surface area contributed by atoms with E-state index in [1.54, 1.807) is 50.5 Å². The maximum absolute atomic E-state index is 12.9. The topological polar surface area (TPSA) is 144 Å². The molecule has 0 aliphatic heterocycles. The van der Waals surface area contributed by atoms with Gasteiger partial charge in [-0.2, -0.15) is 15.6 Å². The van der Waals surface area contributed by atoms with E-state index in [4.69, 9.17) is 0 Å². The first kappa shape index (κ1) is 24.2. The van der Waals surface area contributed by atoms with Gasteiger partial charge < -0.3 is 5.32 Å². The molecular formula is C27H24N8O. The average Bonchev–Trinajstić information content (AvgIpc) is 3.22. The smallest absolute Gasteiger partial charge is 0.255 e. The Labute approximate surface area is 208 Å². The minimum absolute atomic E-state index is 0.346. The highest BCUT2D eigenvalue weighted by atomic mass is 16.1. The fraction of sp³-hybridized carbons (Fsp3) is 0.222. The molecule has 0 aliphatic rings. The van der Waals surface area contributed by atoms with Crippen molar-refractivity contribution in [3.8, 4) is 34.5 Å². The summed E-state index contributed by atoms with van der Waals surface area (Å²) >= 11 is 0. The number of rotatable bonds is 5. The summed E-state index contributed by atoms with van der Waals surface area (Å²) in [6.45, 7) is 9.10. The molecule has 178 valence electrons. The average molecular weight is 477 g/mol. The van der Waals surface area contributed by atoms with Crippen LogP contribution in [0.1, 0.15) is 52.5 Å². The SMILES string of the molecule is Cc1ncc(NC(=O)c2ccnc(C(C)(C)C#N)c2)cc1-c1cnc(-c2c(C)n[nH]c2C)c(C#N)c1. The summed E-state index contributed by atoms with van der Waals surface area (Å²) in [5.74, 6) is -0.346. The van der Waals surface area contributed by atoms with Gasteiger partial charge in [-0.15, -0.1) is 0 Å². The molecule has 4 aromatic heterocycles. The van der Waals surface area contributed by atoms with Crippen molar-refractivity contribution in [2.24, 2.45) is 0 Å². The Morgan fingerprint density at radius 2 is 1.81 bits per heavy atom. The maximum Gasteiger partial charge on any atom is 0.255 e. The fourth-order valence-electron chi connectivity index (χ4n) is 3.86. The number of hydrogen-bond donors (Lipinski definition) is 2. The number of aromatic amines is 1. The van der Waals surface area contributed by atoms with E-state index in [0.717, 1.165) is 28.2 Å². The lowest BCUT2D eigenvalue weighted by atomic mass is 9.90. The van der Waals surface area contributed by atoms with E-state index < -0.39 is 5.41 Å². The predicted molar refractivity (Wildman–Crippen MR) is 135 cm³/mol. The van der Waals surface area contributed by atoms with E-state index in [-0.39, 0.29) is 5.91 Å². The van der Waals surface area contributed by atoms with Gasteiger partial charge in [-0.25, -0.2) is 0 Å². The standard InChI is InChI=1S/C27H24N8O/c1-15-22(20-8-19(11-28)25(32-12-20)24-16(2)34-35-17(24)3)10-21(13-31-15)33-26(36)18-6-7-30-23(9-18)27(4,5)14-29/h6-10,12-13H,1-5H3,(H,33,36)(H,34,35). The Bertz CT molecular complexity index is 1550. The minimum atomic E-state index is -0.819.